The highest BCUT2D eigenvalue weighted by Crippen LogP contribution is 2.25. The third kappa shape index (κ3) is 4.79. The van der Waals surface area contributed by atoms with Gasteiger partial charge >= 0.3 is 0 Å². The summed E-state index contributed by atoms with van der Waals surface area (Å²) in [7, 11) is 0. The molecule has 0 aliphatic rings. The van der Waals surface area contributed by atoms with Gasteiger partial charge < -0.3 is 5.73 Å². The van der Waals surface area contributed by atoms with Crippen molar-refractivity contribution < 1.29 is 0 Å². The maximum Gasteiger partial charge on any atom is 0.0595 e. The van der Waals surface area contributed by atoms with Crippen molar-refractivity contribution in [3.63, 3.8) is 0 Å². The minimum atomic E-state index is 0.207. The van der Waals surface area contributed by atoms with Crippen molar-refractivity contribution in [1.82, 2.24) is 0 Å². The first-order valence-corrected chi connectivity index (χ1v) is 7.53. The van der Waals surface area contributed by atoms with Gasteiger partial charge in [-0.2, -0.15) is 0 Å². The highest BCUT2D eigenvalue weighted by molar-refractivity contribution is 6.42. The van der Waals surface area contributed by atoms with Gasteiger partial charge in [0.2, 0.25) is 0 Å². The minimum Gasteiger partial charge on any atom is -0.327 e. The van der Waals surface area contributed by atoms with Gasteiger partial charge in [-0.05, 0) is 36.5 Å². The topological polar surface area (TPSA) is 26.0 Å². The molecule has 0 saturated carbocycles. The summed E-state index contributed by atoms with van der Waals surface area (Å²) >= 11 is 11.9. The van der Waals surface area contributed by atoms with E-state index in [0.29, 0.717) is 16.0 Å². The standard InChI is InChI=1S/C15H23Cl2N/c1-3-5-6-12(4-2)15(18)10-11-7-8-13(16)14(17)9-11/h7-9,12,15H,3-6,10,18H2,1-2H3. The van der Waals surface area contributed by atoms with E-state index in [-0.39, 0.29) is 6.04 Å². The van der Waals surface area contributed by atoms with Crippen molar-refractivity contribution >= 4 is 23.2 Å². The first-order chi connectivity index (χ1) is 8.58. The zero-order valence-corrected chi connectivity index (χ0v) is 12.8. The fraction of sp³-hybridized carbons (Fsp3) is 0.600. The SMILES string of the molecule is CCCCC(CC)C(N)Cc1ccc(Cl)c(Cl)c1. The maximum atomic E-state index is 6.31. The molecule has 0 amide bonds. The Morgan fingerprint density at radius 3 is 2.44 bits per heavy atom. The Hall–Kier alpha value is -0.240. The molecule has 0 radical (unpaired) electrons. The average molecular weight is 288 g/mol. The monoisotopic (exact) mass is 287 g/mol. The molecule has 2 atom stereocenters. The molecular weight excluding hydrogens is 265 g/mol. The number of nitrogens with two attached hydrogens (primary N) is 1. The van der Waals surface area contributed by atoms with Gasteiger partial charge in [0, 0.05) is 6.04 Å². The van der Waals surface area contributed by atoms with Crippen LogP contribution in [0.3, 0.4) is 0 Å². The molecule has 0 saturated heterocycles. The fourth-order valence-electron chi connectivity index (χ4n) is 2.29. The summed E-state index contributed by atoms with van der Waals surface area (Å²) in [5, 5.41) is 1.22. The van der Waals surface area contributed by atoms with E-state index in [4.69, 9.17) is 28.9 Å². The normalized spacial score (nSPS) is 14.5. The van der Waals surface area contributed by atoms with Crippen LogP contribution in [0.1, 0.15) is 45.1 Å². The number of unbranched alkanes of at least 4 members (excludes halogenated alkanes) is 1. The van der Waals surface area contributed by atoms with Crippen LogP contribution in [0.2, 0.25) is 10.0 Å². The van der Waals surface area contributed by atoms with Crippen molar-refractivity contribution in [1.29, 1.82) is 0 Å². The summed E-state index contributed by atoms with van der Waals surface area (Å²) in [6.07, 6.45) is 5.72. The van der Waals surface area contributed by atoms with Gasteiger partial charge in [-0.25, -0.2) is 0 Å². The van der Waals surface area contributed by atoms with Crippen molar-refractivity contribution in [3.05, 3.63) is 33.8 Å². The van der Waals surface area contributed by atoms with E-state index < -0.39 is 0 Å². The van der Waals surface area contributed by atoms with E-state index in [0.717, 1.165) is 12.8 Å². The van der Waals surface area contributed by atoms with Crippen LogP contribution < -0.4 is 5.73 Å². The molecule has 0 aliphatic carbocycles. The lowest BCUT2D eigenvalue weighted by molar-refractivity contribution is 0.369. The quantitative estimate of drug-likeness (QED) is 0.744. The van der Waals surface area contributed by atoms with Gasteiger partial charge in [-0.3, -0.25) is 0 Å². The van der Waals surface area contributed by atoms with Crippen molar-refractivity contribution in [2.75, 3.05) is 0 Å². The molecule has 1 rings (SSSR count). The molecule has 3 heteroatoms. The van der Waals surface area contributed by atoms with E-state index >= 15 is 0 Å². The fourth-order valence-corrected chi connectivity index (χ4v) is 2.61. The van der Waals surface area contributed by atoms with Gasteiger partial charge in [0.15, 0.2) is 0 Å². The lowest BCUT2D eigenvalue weighted by Crippen LogP contribution is -2.32. The maximum absolute atomic E-state index is 6.31. The predicted molar refractivity (Wildman–Crippen MR) is 81.4 cm³/mol. The zero-order valence-electron chi connectivity index (χ0n) is 11.3. The number of hydrogen-bond donors (Lipinski definition) is 1. The molecule has 1 nitrogen and oxygen atoms in total. The molecule has 2 unspecified atom stereocenters. The molecule has 1 aromatic carbocycles. The molecule has 0 bridgehead atoms. The Labute approximate surface area is 121 Å². The summed E-state index contributed by atoms with van der Waals surface area (Å²) in [6.45, 7) is 4.44. The Morgan fingerprint density at radius 1 is 1.17 bits per heavy atom. The van der Waals surface area contributed by atoms with Gasteiger partial charge in [-0.15, -0.1) is 0 Å². The van der Waals surface area contributed by atoms with E-state index in [1.54, 1.807) is 0 Å². The first-order valence-electron chi connectivity index (χ1n) is 6.78. The zero-order chi connectivity index (χ0) is 13.5. The second-order valence-electron chi connectivity index (χ2n) is 4.93. The van der Waals surface area contributed by atoms with Gasteiger partial charge in [-0.1, -0.05) is 62.4 Å². The molecule has 18 heavy (non-hydrogen) atoms. The number of benzene rings is 1. The van der Waals surface area contributed by atoms with Crippen LogP contribution in [0.25, 0.3) is 0 Å². The summed E-state index contributed by atoms with van der Waals surface area (Å²) in [6, 6.07) is 5.99. The van der Waals surface area contributed by atoms with Crippen LogP contribution in [0.15, 0.2) is 18.2 Å². The van der Waals surface area contributed by atoms with Crippen molar-refractivity contribution in [2.24, 2.45) is 11.7 Å². The largest absolute Gasteiger partial charge is 0.327 e. The highest BCUT2D eigenvalue weighted by atomic mass is 35.5. The third-order valence-corrected chi connectivity index (χ3v) is 4.25. The molecule has 1 aromatic rings. The molecular formula is C15H23Cl2N. The van der Waals surface area contributed by atoms with Gasteiger partial charge in [0.05, 0.1) is 10.0 Å². The lowest BCUT2D eigenvalue weighted by Gasteiger charge is -2.22. The molecule has 0 aliphatic heterocycles. The summed E-state index contributed by atoms with van der Waals surface area (Å²) in [5.41, 5.74) is 7.49. The van der Waals surface area contributed by atoms with Crippen LogP contribution in [0.5, 0.6) is 0 Å². The van der Waals surface area contributed by atoms with E-state index in [2.05, 4.69) is 13.8 Å². The van der Waals surface area contributed by atoms with E-state index in [9.17, 15) is 0 Å². The minimum absolute atomic E-state index is 0.207. The summed E-state index contributed by atoms with van der Waals surface area (Å²) in [5.74, 6) is 0.597. The van der Waals surface area contributed by atoms with Crippen LogP contribution in [0.4, 0.5) is 0 Å². The summed E-state index contributed by atoms with van der Waals surface area (Å²) in [4.78, 5) is 0. The Kier molecular flexibility index (Phi) is 7.06. The third-order valence-electron chi connectivity index (χ3n) is 3.51. The summed E-state index contributed by atoms with van der Waals surface area (Å²) < 4.78 is 0. The highest BCUT2D eigenvalue weighted by Gasteiger charge is 2.16. The van der Waals surface area contributed by atoms with Gasteiger partial charge in [0.25, 0.3) is 0 Å². The van der Waals surface area contributed by atoms with Crippen LogP contribution in [-0.2, 0) is 6.42 Å². The first kappa shape index (κ1) is 15.8. The predicted octanol–water partition coefficient (Wildman–Crippen LogP) is 5.08. The molecule has 0 heterocycles. The average Bonchev–Trinajstić information content (AvgIpc) is 2.35. The second-order valence-corrected chi connectivity index (χ2v) is 5.74. The smallest absolute Gasteiger partial charge is 0.0595 e. The molecule has 0 spiro atoms. The van der Waals surface area contributed by atoms with Crippen LogP contribution in [-0.4, -0.2) is 6.04 Å². The number of halogens is 2. The Bertz CT molecular complexity index is 366. The molecule has 2 N–H and O–H groups in total. The molecule has 0 fully saturated rings. The van der Waals surface area contributed by atoms with Crippen LogP contribution >= 0.6 is 23.2 Å². The van der Waals surface area contributed by atoms with E-state index in [1.165, 1.54) is 24.8 Å². The Morgan fingerprint density at radius 2 is 1.89 bits per heavy atom. The van der Waals surface area contributed by atoms with Crippen LogP contribution in [0, 0.1) is 5.92 Å². The molecule has 0 aromatic heterocycles. The van der Waals surface area contributed by atoms with E-state index in [1.807, 2.05) is 18.2 Å². The van der Waals surface area contributed by atoms with Crippen molar-refractivity contribution in [3.8, 4) is 0 Å². The lowest BCUT2D eigenvalue weighted by atomic mass is 9.88. The molecule has 102 valence electrons. The number of rotatable bonds is 7. The van der Waals surface area contributed by atoms with Gasteiger partial charge in [0.1, 0.15) is 0 Å². The number of hydrogen-bond acceptors (Lipinski definition) is 1. The second kappa shape index (κ2) is 8.04. The Balaban J connectivity index is 2.61. The van der Waals surface area contributed by atoms with Crippen molar-refractivity contribution in [2.45, 2.75) is 52.0 Å².